The van der Waals surface area contributed by atoms with Crippen molar-refractivity contribution in [2.75, 3.05) is 4.90 Å². The molecular weight excluding hydrogens is 553 g/mol. The van der Waals surface area contributed by atoms with Crippen LogP contribution < -0.4 is 10.2 Å². The number of pyridine rings is 2. The molecule has 4 heterocycles. The van der Waals surface area contributed by atoms with E-state index < -0.39 is 0 Å². The van der Waals surface area contributed by atoms with Gasteiger partial charge < -0.3 is 14.8 Å². The molecule has 1 aliphatic heterocycles. The Hall–Kier alpha value is -4.54. The highest BCUT2D eigenvalue weighted by molar-refractivity contribution is 7.99. The van der Waals surface area contributed by atoms with Crippen LogP contribution in [0, 0.1) is 24.0 Å². The van der Waals surface area contributed by atoms with E-state index in [4.69, 9.17) is 12.2 Å². The molecule has 1 N–H and O–H groups in total. The molecule has 0 aliphatic carbocycles. The molecule has 0 bridgehead atoms. The molecule has 1 fully saturated rings. The molecule has 0 spiro atoms. The average molecular weight is 579 g/mol. The third kappa shape index (κ3) is 5.19. The first-order valence-corrected chi connectivity index (χ1v) is 14.3. The molecule has 1 aliphatic rings. The fraction of sp³-hybridized carbons (Fsp3) is 0.129. The topological polar surface area (TPSA) is 89.1 Å². The summed E-state index contributed by atoms with van der Waals surface area (Å²) in [6, 6.07) is 26.7. The van der Waals surface area contributed by atoms with Gasteiger partial charge in [0.05, 0.1) is 34.6 Å². The van der Waals surface area contributed by atoms with Gasteiger partial charge in [-0.25, -0.2) is 0 Å². The number of aryl methyl sites for hydroxylation is 1. The number of benzene rings is 2. The summed E-state index contributed by atoms with van der Waals surface area (Å²) in [5, 5.41) is 15.2. The van der Waals surface area contributed by atoms with Gasteiger partial charge in [-0.2, -0.15) is 0 Å². The minimum atomic E-state index is -0.390. The van der Waals surface area contributed by atoms with Gasteiger partial charge in [0, 0.05) is 51.4 Å². The van der Waals surface area contributed by atoms with Crippen molar-refractivity contribution in [1.82, 2.24) is 19.9 Å². The van der Waals surface area contributed by atoms with E-state index in [9.17, 15) is 10.1 Å². The Morgan fingerprint density at radius 2 is 1.66 bits per heavy atom. The van der Waals surface area contributed by atoms with Crippen LogP contribution >= 0.6 is 24.0 Å². The summed E-state index contributed by atoms with van der Waals surface area (Å²) in [6.07, 6.45) is 5.46. The second-order valence-corrected chi connectivity index (χ2v) is 11.3. The Labute approximate surface area is 247 Å². The molecule has 6 rings (SSSR count). The molecule has 10 heteroatoms. The number of thiocarbonyl (C=S) groups is 1. The summed E-state index contributed by atoms with van der Waals surface area (Å²) in [6.45, 7) is 4.24. The number of nitrogens with one attached hydrogen (secondary N) is 1. The first-order valence-electron chi connectivity index (χ1n) is 13.0. The molecule has 0 radical (unpaired) electrons. The second-order valence-electron chi connectivity index (χ2n) is 9.72. The van der Waals surface area contributed by atoms with Gasteiger partial charge >= 0.3 is 0 Å². The van der Waals surface area contributed by atoms with E-state index in [2.05, 4.69) is 62.9 Å². The molecular formula is C31H26N6O2S2. The highest BCUT2D eigenvalue weighted by atomic mass is 32.2. The number of aromatic nitrogens is 3. The van der Waals surface area contributed by atoms with Crippen LogP contribution in [0.3, 0.4) is 0 Å². The fourth-order valence-corrected chi connectivity index (χ4v) is 6.53. The molecule has 204 valence electrons. The lowest BCUT2D eigenvalue weighted by Crippen LogP contribution is -2.29. The molecule has 0 unspecified atom stereocenters. The van der Waals surface area contributed by atoms with Crippen LogP contribution in [0.1, 0.15) is 34.7 Å². The van der Waals surface area contributed by atoms with E-state index in [0.717, 1.165) is 43.8 Å². The average Bonchev–Trinajstić information content (AvgIpc) is 3.49. The zero-order chi connectivity index (χ0) is 28.5. The molecule has 0 amide bonds. The Balaban J connectivity index is 1.37. The summed E-state index contributed by atoms with van der Waals surface area (Å²) >= 11 is 7.49. The third-order valence-electron chi connectivity index (χ3n) is 7.19. The number of rotatable bonds is 7. The number of anilines is 1. The number of non-ortho nitro benzene ring substituents is 1. The summed E-state index contributed by atoms with van der Waals surface area (Å²) in [5.74, 6) is 0. The first kappa shape index (κ1) is 26.7. The van der Waals surface area contributed by atoms with Gasteiger partial charge in [0.15, 0.2) is 5.11 Å². The van der Waals surface area contributed by atoms with Crippen LogP contribution in [0.4, 0.5) is 11.4 Å². The summed E-state index contributed by atoms with van der Waals surface area (Å²) in [4.78, 5) is 23.7. The highest BCUT2D eigenvalue weighted by Gasteiger charge is 2.42. The predicted octanol–water partition coefficient (Wildman–Crippen LogP) is 7.12. The van der Waals surface area contributed by atoms with Gasteiger partial charge in [-0.05, 0) is 98.4 Å². The molecule has 1 saturated heterocycles. The lowest BCUT2D eigenvalue weighted by atomic mass is 9.96. The number of nitro benzene ring substituents is 1. The summed E-state index contributed by atoms with van der Waals surface area (Å²) in [7, 11) is 0. The fourth-order valence-electron chi connectivity index (χ4n) is 5.37. The van der Waals surface area contributed by atoms with Gasteiger partial charge in [0.1, 0.15) is 0 Å². The van der Waals surface area contributed by atoms with E-state index in [1.54, 1.807) is 30.1 Å². The van der Waals surface area contributed by atoms with Gasteiger partial charge in [-0.1, -0.05) is 17.8 Å². The smallest absolute Gasteiger partial charge is 0.269 e. The van der Waals surface area contributed by atoms with Crippen LogP contribution in [0.5, 0.6) is 0 Å². The summed E-state index contributed by atoms with van der Waals surface area (Å²) < 4.78 is 2.22. The maximum absolute atomic E-state index is 11.0. The van der Waals surface area contributed by atoms with Crippen LogP contribution in [0.2, 0.25) is 0 Å². The van der Waals surface area contributed by atoms with Crippen molar-refractivity contribution in [2.24, 2.45) is 0 Å². The largest absolute Gasteiger partial charge is 0.351 e. The molecule has 41 heavy (non-hydrogen) atoms. The maximum atomic E-state index is 11.0. The quantitative estimate of drug-likeness (QED) is 0.124. The monoisotopic (exact) mass is 578 g/mol. The van der Waals surface area contributed by atoms with Crippen molar-refractivity contribution < 1.29 is 4.92 Å². The van der Waals surface area contributed by atoms with Crippen LogP contribution in [0.25, 0.3) is 5.69 Å². The number of hydrogen-bond donors (Lipinski definition) is 1. The Morgan fingerprint density at radius 1 is 0.927 bits per heavy atom. The zero-order valence-electron chi connectivity index (χ0n) is 22.3. The molecule has 3 aromatic heterocycles. The number of nitrogens with zero attached hydrogens (tertiary/aromatic N) is 5. The van der Waals surface area contributed by atoms with E-state index in [1.807, 2.05) is 48.8 Å². The van der Waals surface area contributed by atoms with Crippen molar-refractivity contribution in [2.45, 2.75) is 35.7 Å². The molecule has 0 saturated carbocycles. The van der Waals surface area contributed by atoms with Gasteiger partial charge in [0.25, 0.3) is 5.69 Å². The predicted molar refractivity (Wildman–Crippen MR) is 165 cm³/mol. The summed E-state index contributed by atoms with van der Waals surface area (Å²) in [5.41, 5.74) is 6.34. The van der Waals surface area contributed by atoms with Crippen molar-refractivity contribution >= 4 is 40.5 Å². The second kappa shape index (κ2) is 11.1. The Morgan fingerprint density at radius 3 is 2.29 bits per heavy atom. The van der Waals surface area contributed by atoms with Crippen LogP contribution in [0.15, 0.2) is 113 Å². The third-order valence-corrected chi connectivity index (χ3v) is 8.52. The van der Waals surface area contributed by atoms with Crippen molar-refractivity contribution in [3.63, 3.8) is 0 Å². The standard InChI is InChI=1S/C31H26N6O2S2/c1-20-18-27(21(2)35(20)24-6-5-16-32-19-24)30-29(28-7-3-4-17-33-28)34-31(40)36(30)22-8-12-25(13-9-22)41-26-14-10-23(11-15-26)37(38)39/h3-19,29-30H,1-2H3,(H,34,40)/t29-,30+/m1/s1. The highest BCUT2D eigenvalue weighted by Crippen LogP contribution is 2.44. The first-order chi connectivity index (χ1) is 19.9. The SMILES string of the molecule is Cc1cc([C@H]2[C@@H](c3ccccn3)NC(=S)N2c2ccc(Sc3ccc([N+](=O)[O-])cc3)cc2)c(C)n1-c1cccnc1. The van der Waals surface area contributed by atoms with E-state index in [1.165, 1.54) is 12.1 Å². The zero-order valence-corrected chi connectivity index (χ0v) is 24.0. The van der Waals surface area contributed by atoms with Gasteiger partial charge in [0.2, 0.25) is 0 Å². The van der Waals surface area contributed by atoms with Crippen LogP contribution in [-0.4, -0.2) is 24.6 Å². The Bertz CT molecular complexity index is 1710. The molecule has 2 aromatic carbocycles. The normalized spacial score (nSPS) is 16.5. The number of nitro groups is 1. The van der Waals surface area contributed by atoms with Crippen LogP contribution in [-0.2, 0) is 0 Å². The molecule has 8 nitrogen and oxygen atoms in total. The van der Waals surface area contributed by atoms with Crippen molar-refractivity contribution in [3.05, 3.63) is 136 Å². The maximum Gasteiger partial charge on any atom is 0.269 e. The van der Waals surface area contributed by atoms with Gasteiger partial charge in [-0.3, -0.25) is 20.1 Å². The van der Waals surface area contributed by atoms with E-state index in [0.29, 0.717) is 5.11 Å². The molecule has 5 aromatic rings. The van der Waals surface area contributed by atoms with E-state index >= 15 is 0 Å². The number of hydrogen-bond acceptors (Lipinski definition) is 6. The lowest BCUT2D eigenvalue weighted by Gasteiger charge is -2.28. The molecule has 2 atom stereocenters. The Kier molecular flexibility index (Phi) is 7.25. The van der Waals surface area contributed by atoms with Crippen molar-refractivity contribution in [3.8, 4) is 5.69 Å². The minimum absolute atomic E-state index is 0.0798. The lowest BCUT2D eigenvalue weighted by molar-refractivity contribution is -0.384. The van der Waals surface area contributed by atoms with E-state index in [-0.39, 0.29) is 22.7 Å². The van der Waals surface area contributed by atoms with Crippen molar-refractivity contribution in [1.29, 1.82) is 0 Å². The minimum Gasteiger partial charge on any atom is -0.351 e. The van der Waals surface area contributed by atoms with Gasteiger partial charge in [-0.15, -0.1) is 0 Å².